The van der Waals surface area contributed by atoms with Crippen molar-refractivity contribution in [1.82, 2.24) is 9.80 Å². The number of likely N-dealkylation sites (N-methyl/N-ethyl adjacent to an activating group) is 1. The molecule has 0 radical (unpaired) electrons. The molecule has 1 aromatic rings. The summed E-state index contributed by atoms with van der Waals surface area (Å²) in [4.78, 5) is 27.4. The molecule has 0 saturated heterocycles. The van der Waals surface area contributed by atoms with Crippen LogP contribution in [0.2, 0.25) is 0 Å². The quantitative estimate of drug-likeness (QED) is 0.622. The van der Waals surface area contributed by atoms with E-state index in [1.807, 2.05) is 49.2 Å². The molecule has 0 saturated carbocycles. The first-order valence-electron chi connectivity index (χ1n) is 7.97. The Morgan fingerprint density at radius 2 is 1.78 bits per heavy atom. The summed E-state index contributed by atoms with van der Waals surface area (Å²) in [5.74, 6) is -0.609. The third kappa shape index (κ3) is 6.80. The van der Waals surface area contributed by atoms with Crippen LogP contribution in [-0.2, 0) is 9.59 Å². The molecule has 0 fully saturated rings. The normalized spacial score (nSPS) is 12.2. The van der Waals surface area contributed by atoms with Crippen molar-refractivity contribution in [1.29, 1.82) is 0 Å². The predicted molar refractivity (Wildman–Crippen MR) is 91.5 cm³/mol. The predicted octanol–water partition coefficient (Wildman–Crippen LogP) is 0.732. The van der Waals surface area contributed by atoms with Crippen molar-refractivity contribution in [3.8, 4) is 0 Å². The van der Waals surface area contributed by atoms with Crippen molar-refractivity contribution in [3.63, 3.8) is 0 Å². The number of amides is 2. The fourth-order valence-electron chi connectivity index (χ4n) is 2.45. The summed E-state index contributed by atoms with van der Waals surface area (Å²) >= 11 is 0. The summed E-state index contributed by atoms with van der Waals surface area (Å²) < 4.78 is 0. The number of carbonyl (C=O) groups excluding carboxylic acids is 2. The summed E-state index contributed by atoms with van der Waals surface area (Å²) in [6.07, 6.45) is 1.88. The molecule has 128 valence electrons. The molecule has 0 aromatic heterocycles. The number of primary amides is 1. The first kappa shape index (κ1) is 19.1. The molecule has 0 aliphatic carbocycles. The van der Waals surface area contributed by atoms with Crippen LogP contribution in [0.5, 0.6) is 0 Å². The van der Waals surface area contributed by atoms with Gasteiger partial charge in [-0.05, 0) is 45.5 Å². The van der Waals surface area contributed by atoms with Crippen molar-refractivity contribution >= 4 is 11.8 Å². The smallest absolute Gasteiger partial charge is 0.237 e. The Labute approximate surface area is 138 Å². The van der Waals surface area contributed by atoms with Gasteiger partial charge in [0.1, 0.15) is 0 Å². The second kappa shape index (κ2) is 9.97. The van der Waals surface area contributed by atoms with Crippen molar-refractivity contribution in [3.05, 3.63) is 35.9 Å². The highest BCUT2D eigenvalue weighted by Gasteiger charge is 2.23. The summed E-state index contributed by atoms with van der Waals surface area (Å²) in [6, 6.07) is 9.43. The maximum absolute atomic E-state index is 12.6. The Hall–Kier alpha value is -1.92. The van der Waals surface area contributed by atoms with E-state index in [1.54, 1.807) is 0 Å². The van der Waals surface area contributed by atoms with Crippen LogP contribution in [0, 0.1) is 0 Å². The minimum Gasteiger partial charge on any atom is -0.368 e. The molecule has 1 rings (SSSR count). The molecule has 0 unspecified atom stereocenters. The maximum atomic E-state index is 12.6. The number of nitrogens with two attached hydrogens (primary N) is 2. The van der Waals surface area contributed by atoms with E-state index in [2.05, 4.69) is 0 Å². The Balaban J connectivity index is 2.72. The lowest BCUT2D eigenvalue weighted by atomic mass is 10.1. The van der Waals surface area contributed by atoms with Crippen LogP contribution in [0.1, 0.15) is 31.4 Å². The Bertz CT molecular complexity index is 493. The summed E-state index contributed by atoms with van der Waals surface area (Å²) in [5, 5.41) is 0. The van der Waals surface area contributed by atoms with E-state index in [9.17, 15) is 9.59 Å². The number of carbonyl (C=O) groups is 2. The molecule has 0 heterocycles. The number of rotatable bonds is 10. The average molecular weight is 320 g/mol. The van der Waals surface area contributed by atoms with Gasteiger partial charge in [-0.3, -0.25) is 14.5 Å². The molecule has 0 spiro atoms. The van der Waals surface area contributed by atoms with E-state index < -0.39 is 5.91 Å². The first-order valence-corrected chi connectivity index (χ1v) is 7.97. The standard InChI is InChI=1S/C17H28N4O2/c1-14(15-8-4-3-5-9-15)21(12-16(19)22)17(23)13-20(2)11-7-6-10-18/h3-5,8-9,14H,6-7,10-13,18H2,1-2H3,(H2,19,22)/t14-/m0/s1. The van der Waals surface area contributed by atoms with Gasteiger partial charge < -0.3 is 16.4 Å². The number of hydrogen-bond acceptors (Lipinski definition) is 4. The van der Waals surface area contributed by atoms with Gasteiger partial charge in [0.2, 0.25) is 11.8 Å². The molecule has 1 aromatic carbocycles. The van der Waals surface area contributed by atoms with Gasteiger partial charge in [0.05, 0.1) is 19.1 Å². The highest BCUT2D eigenvalue weighted by molar-refractivity contribution is 5.85. The Morgan fingerprint density at radius 3 is 2.35 bits per heavy atom. The minimum absolute atomic E-state index is 0.0778. The lowest BCUT2D eigenvalue weighted by Crippen LogP contribution is -2.44. The summed E-state index contributed by atoms with van der Waals surface area (Å²) in [5.41, 5.74) is 11.8. The van der Waals surface area contributed by atoms with Gasteiger partial charge in [0.25, 0.3) is 0 Å². The first-order chi connectivity index (χ1) is 11.0. The van der Waals surface area contributed by atoms with Crippen LogP contribution >= 0.6 is 0 Å². The number of hydrogen-bond donors (Lipinski definition) is 2. The molecule has 1 atom stereocenters. The molecule has 6 heteroatoms. The van der Waals surface area contributed by atoms with E-state index in [-0.39, 0.29) is 25.0 Å². The monoisotopic (exact) mass is 320 g/mol. The van der Waals surface area contributed by atoms with Gasteiger partial charge in [-0.15, -0.1) is 0 Å². The summed E-state index contributed by atoms with van der Waals surface area (Å²) in [7, 11) is 1.89. The highest BCUT2D eigenvalue weighted by atomic mass is 16.2. The largest absolute Gasteiger partial charge is 0.368 e. The molecule has 6 nitrogen and oxygen atoms in total. The molecule has 0 aliphatic heterocycles. The molecule has 23 heavy (non-hydrogen) atoms. The van der Waals surface area contributed by atoms with Crippen molar-refractivity contribution in [2.75, 3.05) is 33.2 Å². The SMILES string of the molecule is C[C@@H](c1ccccc1)N(CC(N)=O)C(=O)CN(C)CCCCN. The number of nitrogens with zero attached hydrogens (tertiary/aromatic N) is 2. The topological polar surface area (TPSA) is 92.7 Å². The molecule has 0 bridgehead atoms. The zero-order chi connectivity index (χ0) is 17.2. The van der Waals surface area contributed by atoms with Crippen molar-refractivity contribution in [2.45, 2.75) is 25.8 Å². The zero-order valence-electron chi connectivity index (χ0n) is 14.1. The molecular formula is C17H28N4O2. The van der Waals surface area contributed by atoms with E-state index in [4.69, 9.17) is 11.5 Å². The average Bonchev–Trinajstić information content (AvgIpc) is 2.52. The van der Waals surface area contributed by atoms with Crippen LogP contribution in [0.15, 0.2) is 30.3 Å². The van der Waals surface area contributed by atoms with E-state index in [0.29, 0.717) is 6.54 Å². The van der Waals surface area contributed by atoms with Gasteiger partial charge in [-0.2, -0.15) is 0 Å². The van der Waals surface area contributed by atoms with Crippen molar-refractivity contribution in [2.24, 2.45) is 11.5 Å². The fourth-order valence-corrected chi connectivity index (χ4v) is 2.45. The van der Waals surface area contributed by atoms with Crippen LogP contribution in [0.3, 0.4) is 0 Å². The van der Waals surface area contributed by atoms with Crippen LogP contribution < -0.4 is 11.5 Å². The maximum Gasteiger partial charge on any atom is 0.237 e. The van der Waals surface area contributed by atoms with E-state index >= 15 is 0 Å². The molecule has 0 aliphatic rings. The number of benzene rings is 1. The fraction of sp³-hybridized carbons (Fsp3) is 0.529. The van der Waals surface area contributed by atoms with Crippen LogP contribution in [-0.4, -0.2) is 54.8 Å². The molecule has 4 N–H and O–H groups in total. The van der Waals surface area contributed by atoms with E-state index in [0.717, 1.165) is 24.9 Å². The van der Waals surface area contributed by atoms with Gasteiger partial charge in [-0.25, -0.2) is 0 Å². The third-order valence-electron chi connectivity index (χ3n) is 3.80. The molecular weight excluding hydrogens is 292 g/mol. The van der Waals surface area contributed by atoms with Gasteiger partial charge >= 0.3 is 0 Å². The highest BCUT2D eigenvalue weighted by Crippen LogP contribution is 2.19. The lowest BCUT2D eigenvalue weighted by Gasteiger charge is -2.30. The van der Waals surface area contributed by atoms with E-state index in [1.165, 1.54) is 4.90 Å². The summed E-state index contributed by atoms with van der Waals surface area (Å²) in [6.45, 7) is 3.54. The zero-order valence-corrected chi connectivity index (χ0v) is 14.1. The molecule has 2 amide bonds. The minimum atomic E-state index is -0.507. The second-order valence-electron chi connectivity index (χ2n) is 5.81. The third-order valence-corrected chi connectivity index (χ3v) is 3.80. The van der Waals surface area contributed by atoms with Gasteiger partial charge in [0.15, 0.2) is 0 Å². The van der Waals surface area contributed by atoms with Gasteiger partial charge in [-0.1, -0.05) is 30.3 Å². The number of unbranched alkanes of at least 4 members (excludes halogenated alkanes) is 1. The lowest BCUT2D eigenvalue weighted by molar-refractivity contribution is -0.138. The second-order valence-corrected chi connectivity index (χ2v) is 5.81. The van der Waals surface area contributed by atoms with Gasteiger partial charge in [0, 0.05) is 0 Å². The Morgan fingerprint density at radius 1 is 1.13 bits per heavy atom. The Kier molecular flexibility index (Phi) is 8.29. The van der Waals surface area contributed by atoms with Crippen LogP contribution in [0.4, 0.5) is 0 Å². The van der Waals surface area contributed by atoms with Crippen LogP contribution in [0.25, 0.3) is 0 Å². The van der Waals surface area contributed by atoms with Crippen molar-refractivity contribution < 1.29 is 9.59 Å².